The van der Waals surface area contributed by atoms with Crippen molar-refractivity contribution < 1.29 is 9.18 Å². The second-order valence-corrected chi connectivity index (χ2v) is 6.39. The van der Waals surface area contributed by atoms with Crippen LogP contribution in [-0.4, -0.2) is 41.6 Å². The monoisotopic (exact) mass is 270 g/mol. The Bertz CT molecular complexity index is 309. The Morgan fingerprint density at radius 3 is 2.68 bits per heavy atom. The molecule has 1 N–H and O–H groups in total. The molecule has 1 atom stereocenters. The van der Waals surface area contributed by atoms with Crippen LogP contribution in [0.25, 0.3) is 0 Å². The summed E-state index contributed by atoms with van der Waals surface area (Å²) in [6, 6.07) is 0.235. The van der Waals surface area contributed by atoms with Gasteiger partial charge < -0.3 is 5.32 Å². The lowest BCUT2D eigenvalue weighted by molar-refractivity contribution is -0.126. The summed E-state index contributed by atoms with van der Waals surface area (Å²) < 4.78 is 13.7. The number of amides is 1. The van der Waals surface area contributed by atoms with E-state index in [-0.39, 0.29) is 18.0 Å². The number of carbonyl (C=O) groups is 1. The molecule has 1 amide bonds. The maximum absolute atomic E-state index is 13.7. The van der Waals surface area contributed by atoms with Crippen molar-refractivity contribution in [3.05, 3.63) is 0 Å². The van der Waals surface area contributed by atoms with Gasteiger partial charge in [0.15, 0.2) is 0 Å². The van der Waals surface area contributed by atoms with E-state index in [1.807, 2.05) is 0 Å². The molecule has 1 saturated heterocycles. The van der Waals surface area contributed by atoms with Crippen molar-refractivity contribution in [2.45, 2.75) is 76.5 Å². The molecule has 110 valence electrons. The van der Waals surface area contributed by atoms with Crippen molar-refractivity contribution in [2.24, 2.45) is 0 Å². The molecule has 0 radical (unpaired) electrons. The summed E-state index contributed by atoms with van der Waals surface area (Å²) in [6.07, 6.45) is 5.87. The van der Waals surface area contributed by atoms with Crippen molar-refractivity contribution in [2.75, 3.05) is 13.1 Å². The van der Waals surface area contributed by atoms with Crippen LogP contribution in [0.5, 0.6) is 0 Å². The zero-order valence-electron chi connectivity index (χ0n) is 12.3. The molecular formula is C15H27FN2O. The molecule has 2 fully saturated rings. The summed E-state index contributed by atoms with van der Waals surface area (Å²) in [4.78, 5) is 14.6. The Morgan fingerprint density at radius 2 is 2.05 bits per heavy atom. The van der Waals surface area contributed by atoms with Gasteiger partial charge in [-0.1, -0.05) is 6.92 Å². The van der Waals surface area contributed by atoms with Gasteiger partial charge in [-0.2, -0.15) is 0 Å². The van der Waals surface area contributed by atoms with Crippen LogP contribution in [0.2, 0.25) is 0 Å². The van der Waals surface area contributed by atoms with E-state index in [4.69, 9.17) is 0 Å². The van der Waals surface area contributed by atoms with Crippen LogP contribution < -0.4 is 5.32 Å². The first-order valence-corrected chi connectivity index (χ1v) is 7.75. The number of rotatable bonds is 4. The van der Waals surface area contributed by atoms with E-state index < -0.39 is 5.67 Å². The topological polar surface area (TPSA) is 32.3 Å². The normalized spacial score (nSPS) is 36.4. The zero-order valence-corrected chi connectivity index (χ0v) is 12.3. The van der Waals surface area contributed by atoms with Gasteiger partial charge in [-0.05, 0) is 65.0 Å². The van der Waals surface area contributed by atoms with E-state index in [2.05, 4.69) is 17.1 Å². The Kier molecular flexibility index (Phi) is 4.82. The first-order chi connectivity index (χ1) is 9.02. The molecule has 0 aromatic heterocycles. The molecule has 1 saturated carbocycles. The smallest absolute Gasteiger partial charge is 0.237 e. The van der Waals surface area contributed by atoms with Crippen molar-refractivity contribution in [1.82, 2.24) is 10.2 Å². The summed E-state index contributed by atoms with van der Waals surface area (Å²) in [7, 11) is 0. The summed E-state index contributed by atoms with van der Waals surface area (Å²) >= 11 is 0. The summed E-state index contributed by atoms with van der Waals surface area (Å²) in [5.41, 5.74) is -1.02. The van der Waals surface area contributed by atoms with Crippen LogP contribution in [-0.2, 0) is 4.79 Å². The Morgan fingerprint density at radius 1 is 1.37 bits per heavy atom. The SMILES string of the molecule is CCCN1CCC[C@H]1C(=O)NC1CCC(C)(F)CC1. The highest BCUT2D eigenvalue weighted by Crippen LogP contribution is 2.31. The van der Waals surface area contributed by atoms with Gasteiger partial charge in [0.2, 0.25) is 5.91 Å². The van der Waals surface area contributed by atoms with E-state index in [0.717, 1.165) is 45.2 Å². The molecule has 0 bridgehead atoms. The number of likely N-dealkylation sites (tertiary alicyclic amines) is 1. The average Bonchev–Trinajstić information content (AvgIpc) is 2.81. The van der Waals surface area contributed by atoms with Gasteiger partial charge in [0.1, 0.15) is 5.67 Å². The third kappa shape index (κ3) is 3.91. The van der Waals surface area contributed by atoms with E-state index in [0.29, 0.717) is 12.8 Å². The molecule has 1 aliphatic heterocycles. The lowest BCUT2D eigenvalue weighted by atomic mass is 9.85. The average molecular weight is 270 g/mol. The van der Waals surface area contributed by atoms with Crippen LogP contribution in [0.1, 0.15) is 58.8 Å². The highest BCUT2D eigenvalue weighted by atomic mass is 19.1. The molecule has 2 aliphatic rings. The first-order valence-electron chi connectivity index (χ1n) is 7.75. The highest BCUT2D eigenvalue weighted by molar-refractivity contribution is 5.82. The second kappa shape index (κ2) is 6.21. The van der Waals surface area contributed by atoms with Gasteiger partial charge in [-0.3, -0.25) is 9.69 Å². The fraction of sp³-hybridized carbons (Fsp3) is 0.933. The van der Waals surface area contributed by atoms with E-state index >= 15 is 0 Å². The molecule has 3 nitrogen and oxygen atoms in total. The first kappa shape index (κ1) is 14.8. The van der Waals surface area contributed by atoms with Crippen molar-refractivity contribution >= 4 is 5.91 Å². The maximum Gasteiger partial charge on any atom is 0.237 e. The van der Waals surface area contributed by atoms with Crippen LogP contribution in [0, 0.1) is 0 Å². The summed E-state index contributed by atoms with van der Waals surface area (Å²) in [6.45, 7) is 5.87. The largest absolute Gasteiger partial charge is 0.352 e. The minimum atomic E-state index is -1.02. The van der Waals surface area contributed by atoms with Gasteiger partial charge in [-0.15, -0.1) is 0 Å². The lowest BCUT2D eigenvalue weighted by Gasteiger charge is -2.33. The number of hydrogen-bond acceptors (Lipinski definition) is 2. The maximum atomic E-state index is 13.7. The second-order valence-electron chi connectivity index (χ2n) is 6.39. The van der Waals surface area contributed by atoms with Gasteiger partial charge in [0.05, 0.1) is 6.04 Å². The molecule has 19 heavy (non-hydrogen) atoms. The molecule has 4 heteroatoms. The predicted molar refractivity (Wildman–Crippen MR) is 74.8 cm³/mol. The minimum Gasteiger partial charge on any atom is -0.352 e. The van der Waals surface area contributed by atoms with E-state index in [9.17, 15) is 9.18 Å². The van der Waals surface area contributed by atoms with Crippen LogP contribution in [0.3, 0.4) is 0 Å². The third-order valence-corrected chi connectivity index (χ3v) is 4.55. The minimum absolute atomic E-state index is 0.0543. The van der Waals surface area contributed by atoms with Crippen molar-refractivity contribution in [1.29, 1.82) is 0 Å². The number of hydrogen-bond donors (Lipinski definition) is 1. The Balaban J connectivity index is 1.81. The van der Waals surface area contributed by atoms with Gasteiger partial charge in [0, 0.05) is 6.04 Å². The molecular weight excluding hydrogens is 243 g/mol. The van der Waals surface area contributed by atoms with Gasteiger partial charge in [0.25, 0.3) is 0 Å². The van der Waals surface area contributed by atoms with Gasteiger partial charge in [-0.25, -0.2) is 4.39 Å². The van der Waals surface area contributed by atoms with Crippen LogP contribution in [0.4, 0.5) is 4.39 Å². The number of carbonyl (C=O) groups excluding carboxylic acids is 1. The molecule has 0 unspecified atom stereocenters. The van der Waals surface area contributed by atoms with Gasteiger partial charge >= 0.3 is 0 Å². The summed E-state index contributed by atoms with van der Waals surface area (Å²) in [5.74, 6) is 0.165. The Labute approximate surface area is 115 Å². The highest BCUT2D eigenvalue weighted by Gasteiger charge is 2.34. The standard InChI is InChI=1S/C15H27FN2O/c1-3-10-18-11-4-5-13(18)14(19)17-12-6-8-15(2,16)9-7-12/h12-13H,3-11H2,1-2H3,(H,17,19)/t12?,13-,15?/m0/s1. The Hall–Kier alpha value is -0.640. The number of nitrogens with one attached hydrogen (secondary N) is 1. The van der Waals surface area contributed by atoms with Crippen molar-refractivity contribution in [3.63, 3.8) is 0 Å². The fourth-order valence-electron chi connectivity index (χ4n) is 3.34. The number of nitrogens with zero attached hydrogens (tertiary/aromatic N) is 1. The molecule has 2 rings (SSSR count). The fourth-order valence-corrected chi connectivity index (χ4v) is 3.34. The molecule has 1 heterocycles. The number of alkyl halides is 1. The molecule has 0 spiro atoms. The zero-order chi connectivity index (χ0) is 13.9. The third-order valence-electron chi connectivity index (χ3n) is 4.55. The van der Waals surface area contributed by atoms with E-state index in [1.165, 1.54) is 0 Å². The molecule has 1 aliphatic carbocycles. The van der Waals surface area contributed by atoms with Crippen LogP contribution in [0.15, 0.2) is 0 Å². The summed E-state index contributed by atoms with van der Waals surface area (Å²) in [5, 5.41) is 3.14. The molecule has 0 aromatic rings. The van der Waals surface area contributed by atoms with Crippen molar-refractivity contribution in [3.8, 4) is 0 Å². The predicted octanol–water partition coefficient (Wildman–Crippen LogP) is 2.65. The van der Waals surface area contributed by atoms with E-state index in [1.54, 1.807) is 6.92 Å². The lowest BCUT2D eigenvalue weighted by Crippen LogP contribution is -2.48. The molecule has 0 aromatic carbocycles. The van der Waals surface area contributed by atoms with Crippen LogP contribution >= 0.6 is 0 Å². The quantitative estimate of drug-likeness (QED) is 0.852. The number of halogens is 1.